The standard InChI is InChI=1S/C35H43ClN2O6/c1-35(2,3)23-38-28-17-16-25(36)21-27(28)32(44-30(34(38)41)22-31(39)40)26-14-8-15-29(33(26)42-4)43-20-10-19-37-18-9-13-24-11-6-5-7-12-24/h5-8,11-12,14-17,21,30,32,37H,9-10,13,18-20,22-23H2,1-4H3,(H,39,40)/t30-,32-/m0/s1. The highest BCUT2D eigenvalue weighted by molar-refractivity contribution is 6.30. The number of anilines is 1. The Morgan fingerprint density at radius 2 is 1.77 bits per heavy atom. The van der Waals surface area contributed by atoms with Crippen LogP contribution in [0.15, 0.2) is 66.7 Å². The second kappa shape index (κ2) is 15.4. The minimum Gasteiger partial charge on any atom is -0.492 e. The number of methoxy groups -OCH3 is 1. The van der Waals surface area contributed by atoms with Gasteiger partial charge in [0.05, 0.1) is 20.1 Å². The molecule has 0 saturated heterocycles. The molecule has 1 heterocycles. The number of amides is 1. The van der Waals surface area contributed by atoms with Crippen LogP contribution in [-0.2, 0) is 20.7 Å². The maximum absolute atomic E-state index is 13.8. The van der Waals surface area contributed by atoms with Crippen LogP contribution in [0.3, 0.4) is 0 Å². The molecule has 3 aromatic rings. The Morgan fingerprint density at radius 1 is 1.02 bits per heavy atom. The summed E-state index contributed by atoms with van der Waals surface area (Å²) in [5.41, 5.74) is 2.97. The first-order chi connectivity index (χ1) is 21.1. The predicted molar refractivity (Wildman–Crippen MR) is 173 cm³/mol. The van der Waals surface area contributed by atoms with Crippen molar-refractivity contribution in [3.05, 3.63) is 88.4 Å². The zero-order chi connectivity index (χ0) is 31.7. The first kappa shape index (κ1) is 33.3. The molecule has 1 aliphatic rings. The van der Waals surface area contributed by atoms with Crippen molar-refractivity contribution in [2.45, 2.75) is 58.7 Å². The third-order valence-corrected chi connectivity index (χ3v) is 7.55. The zero-order valence-electron chi connectivity index (χ0n) is 26.0. The highest BCUT2D eigenvalue weighted by Crippen LogP contribution is 2.45. The van der Waals surface area contributed by atoms with Crippen molar-refractivity contribution >= 4 is 29.2 Å². The summed E-state index contributed by atoms with van der Waals surface area (Å²) in [6.07, 6.45) is 0.383. The number of halogens is 1. The number of carbonyl (C=O) groups is 2. The second-order valence-electron chi connectivity index (χ2n) is 12.2. The van der Waals surface area contributed by atoms with Gasteiger partial charge in [-0.25, -0.2) is 0 Å². The van der Waals surface area contributed by atoms with Crippen LogP contribution in [0.2, 0.25) is 5.02 Å². The molecule has 0 bridgehead atoms. The van der Waals surface area contributed by atoms with Crippen LogP contribution < -0.4 is 19.7 Å². The summed E-state index contributed by atoms with van der Waals surface area (Å²) >= 11 is 6.47. The highest BCUT2D eigenvalue weighted by atomic mass is 35.5. The number of benzene rings is 3. The molecule has 9 heteroatoms. The SMILES string of the molecule is COc1c(OCCCNCCCc2ccccc2)cccc1[C@@H]1O[C@@H](CC(=O)O)C(=O)N(CC(C)(C)C)c2ccc(Cl)cc21. The van der Waals surface area contributed by atoms with Gasteiger partial charge in [-0.15, -0.1) is 0 Å². The van der Waals surface area contributed by atoms with Gasteiger partial charge in [-0.2, -0.15) is 0 Å². The van der Waals surface area contributed by atoms with Crippen molar-refractivity contribution in [2.75, 3.05) is 38.3 Å². The summed E-state index contributed by atoms with van der Waals surface area (Å²) < 4.78 is 18.4. The number of aliphatic carboxylic acids is 1. The molecule has 1 aliphatic heterocycles. The molecule has 0 unspecified atom stereocenters. The molecule has 2 atom stereocenters. The second-order valence-corrected chi connectivity index (χ2v) is 12.6. The van der Waals surface area contributed by atoms with Crippen LogP contribution in [0.5, 0.6) is 11.5 Å². The van der Waals surface area contributed by atoms with Crippen molar-refractivity contribution in [1.29, 1.82) is 0 Å². The summed E-state index contributed by atoms with van der Waals surface area (Å²) in [7, 11) is 1.56. The Labute approximate surface area is 265 Å². The Hall–Kier alpha value is -3.59. The molecule has 8 nitrogen and oxygen atoms in total. The van der Waals surface area contributed by atoms with E-state index in [2.05, 4.69) is 29.6 Å². The smallest absolute Gasteiger partial charge is 0.306 e. The lowest BCUT2D eigenvalue weighted by molar-refractivity contribution is -0.147. The van der Waals surface area contributed by atoms with Crippen molar-refractivity contribution in [2.24, 2.45) is 5.41 Å². The van der Waals surface area contributed by atoms with E-state index < -0.39 is 30.5 Å². The maximum Gasteiger partial charge on any atom is 0.306 e. The van der Waals surface area contributed by atoms with E-state index in [0.717, 1.165) is 32.4 Å². The summed E-state index contributed by atoms with van der Waals surface area (Å²) in [5, 5.41) is 13.6. The van der Waals surface area contributed by atoms with Gasteiger partial charge in [0, 0.05) is 28.4 Å². The number of aryl methyl sites for hydroxylation is 1. The first-order valence-electron chi connectivity index (χ1n) is 15.1. The summed E-state index contributed by atoms with van der Waals surface area (Å²) in [5.74, 6) is -0.529. The summed E-state index contributed by atoms with van der Waals surface area (Å²) in [4.78, 5) is 27.2. The molecule has 44 heavy (non-hydrogen) atoms. The molecule has 1 amide bonds. The number of ether oxygens (including phenoxy) is 3. The van der Waals surface area contributed by atoms with Gasteiger partial charge in [0.1, 0.15) is 12.2 Å². The Kier molecular flexibility index (Phi) is 11.7. The average Bonchev–Trinajstić information content (AvgIpc) is 3.08. The fraction of sp³-hybridized carbons (Fsp3) is 0.429. The molecular formula is C35H43ClN2O6. The molecular weight excluding hydrogens is 580 g/mol. The van der Waals surface area contributed by atoms with Crippen molar-refractivity contribution < 1.29 is 28.9 Å². The third-order valence-electron chi connectivity index (χ3n) is 7.31. The normalized spacial score (nSPS) is 16.8. The quantitative estimate of drug-likeness (QED) is 0.194. The van der Waals surface area contributed by atoms with Gasteiger partial charge >= 0.3 is 5.97 Å². The minimum atomic E-state index is -1.21. The first-order valence-corrected chi connectivity index (χ1v) is 15.5. The number of nitrogens with zero attached hydrogens (tertiary/aromatic N) is 1. The van der Waals surface area contributed by atoms with Crippen molar-refractivity contribution in [1.82, 2.24) is 5.32 Å². The van der Waals surface area contributed by atoms with Gasteiger partial charge in [-0.1, -0.05) is 74.8 Å². The lowest BCUT2D eigenvalue weighted by Gasteiger charge is -2.31. The molecule has 3 aromatic carbocycles. The Balaban J connectivity index is 1.52. The van der Waals surface area contributed by atoms with Crippen LogP contribution in [0, 0.1) is 5.41 Å². The van der Waals surface area contributed by atoms with E-state index in [0.29, 0.717) is 46.5 Å². The van der Waals surface area contributed by atoms with Crippen molar-refractivity contribution in [3.8, 4) is 11.5 Å². The molecule has 2 N–H and O–H groups in total. The van der Waals surface area contributed by atoms with E-state index in [1.54, 1.807) is 30.2 Å². The van der Waals surface area contributed by atoms with Crippen LogP contribution in [-0.4, -0.2) is 56.4 Å². The number of carbonyl (C=O) groups excluding carboxylic acids is 1. The number of rotatable bonds is 14. The van der Waals surface area contributed by atoms with Gasteiger partial charge in [0.2, 0.25) is 0 Å². The summed E-state index contributed by atoms with van der Waals surface area (Å²) in [6.45, 7) is 8.65. The maximum atomic E-state index is 13.8. The topological polar surface area (TPSA) is 97.3 Å². The van der Waals surface area contributed by atoms with Gasteiger partial charge in [0.15, 0.2) is 11.5 Å². The minimum absolute atomic E-state index is 0.262. The monoisotopic (exact) mass is 622 g/mol. The highest BCUT2D eigenvalue weighted by Gasteiger charge is 2.40. The molecule has 0 radical (unpaired) electrons. The van der Waals surface area contributed by atoms with Gasteiger partial charge in [-0.05, 0) is 67.6 Å². The molecule has 4 rings (SSSR count). The molecule has 0 spiro atoms. The molecule has 236 valence electrons. The van der Waals surface area contributed by atoms with E-state index in [1.165, 1.54) is 5.56 Å². The summed E-state index contributed by atoms with van der Waals surface area (Å²) in [6, 6.07) is 21.3. The van der Waals surface area contributed by atoms with Gasteiger partial charge in [0.25, 0.3) is 5.91 Å². The van der Waals surface area contributed by atoms with E-state index in [4.69, 9.17) is 25.8 Å². The van der Waals surface area contributed by atoms with Crippen LogP contribution >= 0.6 is 11.6 Å². The molecule has 0 saturated carbocycles. The number of nitrogens with one attached hydrogen (secondary N) is 1. The number of fused-ring (bicyclic) bond motifs is 1. The molecule has 0 aromatic heterocycles. The Morgan fingerprint density at radius 3 is 2.48 bits per heavy atom. The van der Waals surface area contributed by atoms with Crippen LogP contribution in [0.1, 0.15) is 62.8 Å². The number of carboxylic acids is 1. The van der Waals surface area contributed by atoms with E-state index in [1.807, 2.05) is 45.0 Å². The lowest BCUT2D eigenvalue weighted by Crippen LogP contribution is -2.44. The average molecular weight is 623 g/mol. The van der Waals surface area contributed by atoms with E-state index in [9.17, 15) is 14.7 Å². The Bertz CT molecular complexity index is 1410. The number of carboxylic acid groups (broad SMARTS) is 1. The predicted octanol–water partition coefficient (Wildman–Crippen LogP) is 6.68. The van der Waals surface area contributed by atoms with Crippen LogP contribution in [0.25, 0.3) is 0 Å². The van der Waals surface area contributed by atoms with Gasteiger partial charge < -0.3 is 29.5 Å². The zero-order valence-corrected chi connectivity index (χ0v) is 26.7. The van der Waals surface area contributed by atoms with Crippen LogP contribution in [0.4, 0.5) is 5.69 Å². The van der Waals surface area contributed by atoms with Gasteiger partial charge in [-0.3, -0.25) is 9.59 Å². The molecule has 0 aliphatic carbocycles. The lowest BCUT2D eigenvalue weighted by atomic mass is 9.94. The molecule has 0 fully saturated rings. The fourth-order valence-electron chi connectivity index (χ4n) is 5.38. The van der Waals surface area contributed by atoms with Crippen molar-refractivity contribution in [3.63, 3.8) is 0 Å². The third kappa shape index (κ3) is 8.97. The fourth-order valence-corrected chi connectivity index (χ4v) is 5.56. The van der Waals surface area contributed by atoms with E-state index >= 15 is 0 Å². The van der Waals surface area contributed by atoms with E-state index in [-0.39, 0.29) is 5.41 Å². The largest absolute Gasteiger partial charge is 0.492 e. The number of para-hydroxylation sites is 1. The number of hydrogen-bond acceptors (Lipinski definition) is 6. The number of hydrogen-bond donors (Lipinski definition) is 2.